The molecule has 90 valence electrons. The van der Waals surface area contributed by atoms with Crippen LogP contribution < -0.4 is 5.32 Å². The van der Waals surface area contributed by atoms with Crippen LogP contribution in [-0.2, 0) is 0 Å². The molecule has 7 heteroatoms. The predicted octanol–water partition coefficient (Wildman–Crippen LogP) is 3.94. The Morgan fingerprint density at radius 2 is 2.06 bits per heavy atom. The Morgan fingerprint density at radius 3 is 2.71 bits per heavy atom. The fraction of sp³-hybridized carbons (Fsp3) is 0.200. The summed E-state index contributed by atoms with van der Waals surface area (Å²) in [6.45, 7) is 1.96. The number of aromatic amines is 1. The largest absolute Gasteiger partial charge is 0.362 e. The molecule has 0 aliphatic heterocycles. The number of halogens is 3. The van der Waals surface area contributed by atoms with Gasteiger partial charge < -0.3 is 5.32 Å². The van der Waals surface area contributed by atoms with Gasteiger partial charge in [0.2, 0.25) is 0 Å². The molecule has 0 aliphatic rings. The summed E-state index contributed by atoms with van der Waals surface area (Å²) >= 11 is 17.6. The molecule has 0 amide bonds. The van der Waals surface area contributed by atoms with E-state index in [1.807, 2.05) is 6.92 Å². The molecular formula is C10H9Cl3N4. The van der Waals surface area contributed by atoms with Crippen LogP contribution in [0.4, 0.5) is 5.82 Å². The van der Waals surface area contributed by atoms with Gasteiger partial charge >= 0.3 is 0 Å². The molecule has 0 aliphatic carbocycles. The fourth-order valence-electron chi connectivity index (χ4n) is 1.33. The lowest BCUT2D eigenvalue weighted by Crippen LogP contribution is -2.07. The highest BCUT2D eigenvalue weighted by Gasteiger charge is 2.12. The number of pyridine rings is 1. The van der Waals surface area contributed by atoms with Crippen molar-refractivity contribution in [2.75, 3.05) is 5.32 Å². The first kappa shape index (κ1) is 12.5. The van der Waals surface area contributed by atoms with E-state index in [1.54, 1.807) is 18.5 Å². The summed E-state index contributed by atoms with van der Waals surface area (Å²) in [6.07, 6.45) is 3.52. The maximum Gasteiger partial charge on any atom is 0.150 e. The summed E-state index contributed by atoms with van der Waals surface area (Å²) in [4.78, 5) is 4.08. The number of aromatic nitrogens is 3. The Kier molecular flexibility index (Phi) is 3.76. The highest BCUT2D eigenvalue weighted by atomic mass is 35.5. The van der Waals surface area contributed by atoms with E-state index < -0.39 is 0 Å². The van der Waals surface area contributed by atoms with Crippen LogP contribution >= 0.6 is 34.8 Å². The van der Waals surface area contributed by atoms with Gasteiger partial charge in [-0.1, -0.05) is 34.8 Å². The van der Waals surface area contributed by atoms with Gasteiger partial charge in [-0.05, 0) is 13.0 Å². The summed E-state index contributed by atoms with van der Waals surface area (Å²) in [5.74, 6) is 0.495. The maximum absolute atomic E-state index is 6.02. The lowest BCUT2D eigenvalue weighted by atomic mass is 10.2. The van der Waals surface area contributed by atoms with Crippen LogP contribution in [0, 0.1) is 0 Å². The summed E-state index contributed by atoms with van der Waals surface area (Å²) < 4.78 is 0. The Hall–Kier alpha value is -0.970. The van der Waals surface area contributed by atoms with Gasteiger partial charge in [0.1, 0.15) is 11.0 Å². The third kappa shape index (κ3) is 2.83. The van der Waals surface area contributed by atoms with E-state index in [1.165, 1.54) is 0 Å². The molecular weight excluding hydrogens is 282 g/mol. The van der Waals surface area contributed by atoms with Gasteiger partial charge in [0, 0.05) is 11.8 Å². The quantitative estimate of drug-likeness (QED) is 0.842. The zero-order valence-corrected chi connectivity index (χ0v) is 11.1. The van der Waals surface area contributed by atoms with E-state index in [0.717, 1.165) is 5.56 Å². The van der Waals surface area contributed by atoms with Crippen LogP contribution in [-0.4, -0.2) is 15.2 Å². The first-order valence-electron chi connectivity index (χ1n) is 4.84. The van der Waals surface area contributed by atoms with E-state index in [4.69, 9.17) is 34.8 Å². The second kappa shape index (κ2) is 5.12. The molecule has 0 saturated heterocycles. The van der Waals surface area contributed by atoms with Crippen LogP contribution in [0.5, 0.6) is 0 Å². The Morgan fingerprint density at radius 1 is 1.29 bits per heavy atom. The number of anilines is 1. The summed E-state index contributed by atoms with van der Waals surface area (Å²) in [7, 11) is 0. The lowest BCUT2D eigenvalue weighted by molar-refractivity contribution is 0.876. The lowest BCUT2D eigenvalue weighted by Gasteiger charge is -2.14. The van der Waals surface area contributed by atoms with Gasteiger partial charge in [0.05, 0.1) is 22.3 Å². The van der Waals surface area contributed by atoms with Crippen molar-refractivity contribution in [3.05, 3.63) is 39.2 Å². The molecule has 2 aromatic heterocycles. The summed E-state index contributed by atoms with van der Waals surface area (Å²) in [5.41, 5.74) is 0.994. The average Bonchev–Trinajstić information content (AvgIpc) is 2.79. The average molecular weight is 292 g/mol. The van der Waals surface area contributed by atoms with Crippen molar-refractivity contribution in [3.8, 4) is 0 Å². The zero-order valence-electron chi connectivity index (χ0n) is 8.84. The normalized spacial score (nSPS) is 12.5. The van der Waals surface area contributed by atoms with Gasteiger partial charge in [-0.3, -0.25) is 5.10 Å². The first-order chi connectivity index (χ1) is 8.08. The number of hydrogen-bond acceptors (Lipinski definition) is 3. The third-order valence-electron chi connectivity index (χ3n) is 2.26. The fourth-order valence-corrected chi connectivity index (χ4v) is 1.88. The number of H-pyrrole nitrogens is 1. The van der Waals surface area contributed by atoms with Gasteiger partial charge in [0.25, 0.3) is 0 Å². The molecule has 1 unspecified atom stereocenters. The van der Waals surface area contributed by atoms with Crippen molar-refractivity contribution < 1.29 is 0 Å². The molecule has 2 aromatic rings. The van der Waals surface area contributed by atoms with E-state index in [0.29, 0.717) is 15.9 Å². The molecule has 0 aromatic carbocycles. The van der Waals surface area contributed by atoms with Crippen molar-refractivity contribution in [1.82, 2.24) is 15.2 Å². The van der Waals surface area contributed by atoms with Crippen molar-refractivity contribution in [3.63, 3.8) is 0 Å². The molecule has 0 fully saturated rings. The number of rotatable bonds is 3. The van der Waals surface area contributed by atoms with Crippen molar-refractivity contribution in [2.24, 2.45) is 0 Å². The zero-order chi connectivity index (χ0) is 12.4. The molecule has 0 spiro atoms. The third-order valence-corrected chi connectivity index (χ3v) is 3.22. The molecule has 17 heavy (non-hydrogen) atoms. The smallest absolute Gasteiger partial charge is 0.150 e. The van der Waals surface area contributed by atoms with E-state index in [2.05, 4.69) is 20.5 Å². The molecule has 0 bridgehead atoms. The van der Waals surface area contributed by atoms with Crippen LogP contribution in [0.2, 0.25) is 15.2 Å². The van der Waals surface area contributed by atoms with Gasteiger partial charge in [0.15, 0.2) is 0 Å². The predicted molar refractivity (Wildman–Crippen MR) is 69.9 cm³/mol. The second-order valence-corrected chi connectivity index (χ2v) is 4.66. The highest BCUT2D eigenvalue weighted by Crippen LogP contribution is 2.30. The second-order valence-electron chi connectivity index (χ2n) is 3.49. The monoisotopic (exact) mass is 290 g/mol. The van der Waals surface area contributed by atoms with Gasteiger partial charge in [-0.2, -0.15) is 5.10 Å². The number of hydrogen-bond donors (Lipinski definition) is 2. The molecule has 0 saturated carbocycles. The minimum Gasteiger partial charge on any atom is -0.362 e. The van der Waals surface area contributed by atoms with Gasteiger partial charge in [-0.25, -0.2) is 4.98 Å². The van der Waals surface area contributed by atoms with Crippen molar-refractivity contribution in [1.29, 1.82) is 0 Å². The van der Waals surface area contributed by atoms with E-state index >= 15 is 0 Å². The van der Waals surface area contributed by atoms with E-state index in [-0.39, 0.29) is 11.2 Å². The summed E-state index contributed by atoms with van der Waals surface area (Å²) in [6, 6.07) is 1.57. The van der Waals surface area contributed by atoms with Crippen LogP contribution in [0.25, 0.3) is 0 Å². The van der Waals surface area contributed by atoms with Crippen LogP contribution in [0.1, 0.15) is 18.5 Å². The molecule has 0 radical (unpaired) electrons. The Bertz CT molecular complexity index is 513. The minimum absolute atomic E-state index is 0.0102. The standard InChI is InChI=1S/C10H9Cl3N4/c1-5(6-3-14-15-4-6)16-10-8(12)2-7(11)9(13)17-10/h2-5H,1H3,(H,14,15)(H,16,17). The van der Waals surface area contributed by atoms with E-state index in [9.17, 15) is 0 Å². The first-order valence-corrected chi connectivity index (χ1v) is 5.98. The molecule has 2 rings (SSSR count). The number of nitrogens with one attached hydrogen (secondary N) is 2. The highest BCUT2D eigenvalue weighted by molar-refractivity contribution is 6.42. The SMILES string of the molecule is CC(Nc1nc(Cl)c(Cl)cc1Cl)c1cn[nH]c1. The van der Waals surface area contributed by atoms with Crippen molar-refractivity contribution in [2.45, 2.75) is 13.0 Å². The van der Waals surface area contributed by atoms with Gasteiger partial charge in [-0.15, -0.1) is 0 Å². The maximum atomic E-state index is 6.02. The van der Waals surface area contributed by atoms with Crippen LogP contribution in [0.15, 0.2) is 18.5 Å². The number of nitrogens with zero attached hydrogens (tertiary/aromatic N) is 2. The van der Waals surface area contributed by atoms with Crippen LogP contribution in [0.3, 0.4) is 0 Å². The Labute approximate surface area is 113 Å². The Balaban J connectivity index is 2.22. The molecule has 1 atom stereocenters. The summed E-state index contributed by atoms with van der Waals surface area (Å²) in [5, 5.41) is 10.7. The molecule has 4 nitrogen and oxygen atoms in total. The topological polar surface area (TPSA) is 53.6 Å². The molecule has 2 N–H and O–H groups in total. The van der Waals surface area contributed by atoms with Crippen molar-refractivity contribution >= 4 is 40.6 Å². The molecule has 2 heterocycles. The minimum atomic E-state index is 0.0102.